The molecule has 0 saturated carbocycles. The molecule has 3 aromatic rings. The van der Waals surface area contributed by atoms with Gasteiger partial charge in [-0.3, -0.25) is 5.43 Å². The molecule has 2 heterocycles. The second-order valence-electron chi connectivity index (χ2n) is 4.05. The Morgan fingerprint density at radius 2 is 2.21 bits per heavy atom. The normalized spacial score (nSPS) is 11.2. The van der Waals surface area contributed by atoms with E-state index in [9.17, 15) is 0 Å². The van der Waals surface area contributed by atoms with Crippen molar-refractivity contribution in [1.82, 2.24) is 19.7 Å². The Morgan fingerprint density at radius 1 is 1.32 bits per heavy atom. The van der Waals surface area contributed by atoms with Crippen LogP contribution in [-0.4, -0.2) is 26.0 Å². The van der Waals surface area contributed by atoms with Crippen LogP contribution in [0, 0.1) is 0 Å². The van der Waals surface area contributed by atoms with Gasteiger partial charge in [-0.15, -0.1) is 5.10 Å². The molecule has 0 spiro atoms. The number of benzene rings is 1. The second kappa shape index (κ2) is 4.85. The highest BCUT2D eigenvalue weighted by Gasteiger charge is 2.01. The smallest absolute Gasteiger partial charge is 0.176 e. The number of rotatable bonds is 3. The Kier molecular flexibility index (Phi) is 2.89. The first-order valence-electron chi connectivity index (χ1n) is 5.81. The molecule has 0 aliphatic carbocycles. The fraction of sp³-hybridized carbons (Fsp3) is 0.0769. The van der Waals surface area contributed by atoms with Gasteiger partial charge in [-0.2, -0.15) is 10.2 Å². The van der Waals surface area contributed by atoms with Crippen molar-refractivity contribution in [2.45, 2.75) is 0 Å². The molecule has 0 bridgehead atoms. The molecule has 94 valence electrons. The monoisotopic (exact) mass is 252 g/mol. The van der Waals surface area contributed by atoms with Gasteiger partial charge in [0.15, 0.2) is 11.6 Å². The molecule has 6 nitrogen and oxygen atoms in total. The van der Waals surface area contributed by atoms with E-state index in [0.717, 1.165) is 16.6 Å². The third kappa shape index (κ3) is 2.28. The predicted molar refractivity (Wildman–Crippen MR) is 74.0 cm³/mol. The number of hydrogen-bond donors (Lipinski definition) is 1. The van der Waals surface area contributed by atoms with E-state index in [2.05, 4.69) is 25.7 Å². The maximum Gasteiger partial charge on any atom is 0.176 e. The molecule has 0 unspecified atom stereocenters. The summed E-state index contributed by atoms with van der Waals surface area (Å²) in [7, 11) is 1.91. The fourth-order valence-electron chi connectivity index (χ4n) is 1.76. The quantitative estimate of drug-likeness (QED) is 0.570. The predicted octanol–water partition coefficient (Wildman–Crippen LogP) is 1.81. The standard InChI is InChI=1S/C13H12N6/c1-19-7-6-14-12(19)9-16-18-13-11-5-3-2-4-10(11)8-15-17-13/h2-9H,1H3,(H,17,18)/b16-9+. The molecular formula is C13H12N6. The summed E-state index contributed by atoms with van der Waals surface area (Å²) in [5.74, 6) is 1.39. The van der Waals surface area contributed by atoms with E-state index >= 15 is 0 Å². The lowest BCUT2D eigenvalue weighted by atomic mass is 10.2. The third-order valence-corrected chi connectivity index (χ3v) is 2.78. The van der Waals surface area contributed by atoms with Crippen LogP contribution in [0.15, 0.2) is 48.0 Å². The van der Waals surface area contributed by atoms with Crippen molar-refractivity contribution in [3.63, 3.8) is 0 Å². The number of nitrogens with zero attached hydrogens (tertiary/aromatic N) is 5. The SMILES string of the molecule is Cn1ccnc1/C=N/Nc1nncc2ccccc12. The van der Waals surface area contributed by atoms with Crippen molar-refractivity contribution in [3.05, 3.63) is 48.7 Å². The van der Waals surface area contributed by atoms with Gasteiger partial charge in [-0.05, 0) is 0 Å². The Balaban J connectivity index is 1.86. The Bertz CT molecular complexity index is 725. The molecule has 0 aliphatic heterocycles. The van der Waals surface area contributed by atoms with Crippen LogP contribution in [0.25, 0.3) is 10.8 Å². The molecule has 0 radical (unpaired) electrons. The zero-order valence-electron chi connectivity index (χ0n) is 10.4. The van der Waals surface area contributed by atoms with E-state index in [-0.39, 0.29) is 0 Å². The van der Waals surface area contributed by atoms with Crippen molar-refractivity contribution in [2.24, 2.45) is 12.1 Å². The molecule has 2 aromatic heterocycles. The molecule has 3 rings (SSSR count). The first-order valence-corrected chi connectivity index (χ1v) is 5.81. The van der Waals surface area contributed by atoms with Gasteiger partial charge in [0.25, 0.3) is 0 Å². The molecule has 0 amide bonds. The lowest BCUT2D eigenvalue weighted by Gasteiger charge is -2.02. The molecular weight excluding hydrogens is 240 g/mol. The number of imidazole rings is 1. The first-order chi connectivity index (χ1) is 9.34. The lowest BCUT2D eigenvalue weighted by molar-refractivity contribution is 0.901. The average Bonchev–Trinajstić information content (AvgIpc) is 2.85. The summed E-state index contributed by atoms with van der Waals surface area (Å²) < 4.78 is 1.87. The number of nitrogens with one attached hydrogen (secondary N) is 1. The third-order valence-electron chi connectivity index (χ3n) is 2.78. The highest BCUT2D eigenvalue weighted by molar-refractivity contribution is 5.91. The van der Waals surface area contributed by atoms with E-state index in [4.69, 9.17) is 0 Å². The molecule has 6 heteroatoms. The summed E-state index contributed by atoms with van der Waals surface area (Å²) in [5.41, 5.74) is 2.90. The minimum Gasteiger partial charge on any atom is -0.333 e. The molecule has 0 saturated heterocycles. The summed E-state index contributed by atoms with van der Waals surface area (Å²) in [4.78, 5) is 4.15. The second-order valence-corrected chi connectivity index (χ2v) is 4.05. The first kappa shape index (κ1) is 11.3. The van der Waals surface area contributed by atoms with Gasteiger partial charge in [-0.1, -0.05) is 24.3 Å². The Morgan fingerprint density at radius 3 is 3.05 bits per heavy atom. The van der Waals surface area contributed by atoms with E-state index in [1.54, 1.807) is 18.6 Å². The number of hydrazone groups is 1. The van der Waals surface area contributed by atoms with Crippen molar-refractivity contribution in [2.75, 3.05) is 5.43 Å². The molecule has 19 heavy (non-hydrogen) atoms. The fourth-order valence-corrected chi connectivity index (χ4v) is 1.76. The average molecular weight is 252 g/mol. The summed E-state index contributed by atoms with van der Waals surface area (Å²) in [6.07, 6.45) is 6.95. The van der Waals surface area contributed by atoms with Gasteiger partial charge in [-0.25, -0.2) is 4.98 Å². The minimum atomic E-state index is 0.628. The molecule has 1 N–H and O–H groups in total. The van der Waals surface area contributed by atoms with E-state index in [1.807, 2.05) is 42.1 Å². The molecule has 0 fully saturated rings. The van der Waals surface area contributed by atoms with E-state index in [1.165, 1.54) is 0 Å². The largest absolute Gasteiger partial charge is 0.333 e. The number of anilines is 1. The summed E-state index contributed by atoms with van der Waals surface area (Å²) in [6.45, 7) is 0. The summed E-state index contributed by atoms with van der Waals surface area (Å²) in [5, 5.41) is 14.1. The number of fused-ring (bicyclic) bond motifs is 1. The zero-order chi connectivity index (χ0) is 13.1. The maximum atomic E-state index is 4.15. The molecule has 0 atom stereocenters. The van der Waals surface area contributed by atoms with Gasteiger partial charge in [0, 0.05) is 30.2 Å². The van der Waals surface area contributed by atoms with Gasteiger partial charge in [0.1, 0.15) is 0 Å². The van der Waals surface area contributed by atoms with Gasteiger partial charge in [0.2, 0.25) is 0 Å². The van der Waals surface area contributed by atoms with Crippen LogP contribution in [-0.2, 0) is 7.05 Å². The van der Waals surface area contributed by atoms with Crippen LogP contribution in [0.2, 0.25) is 0 Å². The van der Waals surface area contributed by atoms with Crippen LogP contribution >= 0.6 is 0 Å². The Hall–Kier alpha value is -2.76. The van der Waals surface area contributed by atoms with Crippen LogP contribution in [0.1, 0.15) is 5.82 Å². The Labute approximate surface area is 109 Å². The van der Waals surface area contributed by atoms with Crippen LogP contribution < -0.4 is 5.43 Å². The van der Waals surface area contributed by atoms with Crippen LogP contribution in [0.5, 0.6) is 0 Å². The van der Waals surface area contributed by atoms with Crippen molar-refractivity contribution in [3.8, 4) is 0 Å². The number of hydrogen-bond acceptors (Lipinski definition) is 5. The topological polar surface area (TPSA) is 68.0 Å². The molecule has 1 aromatic carbocycles. The van der Waals surface area contributed by atoms with E-state index < -0.39 is 0 Å². The van der Waals surface area contributed by atoms with Crippen LogP contribution in [0.3, 0.4) is 0 Å². The maximum absolute atomic E-state index is 4.15. The van der Waals surface area contributed by atoms with Gasteiger partial charge < -0.3 is 4.57 Å². The van der Waals surface area contributed by atoms with Crippen LogP contribution in [0.4, 0.5) is 5.82 Å². The molecule has 0 aliphatic rings. The number of aryl methyl sites for hydroxylation is 1. The number of aromatic nitrogens is 4. The van der Waals surface area contributed by atoms with Crippen molar-refractivity contribution in [1.29, 1.82) is 0 Å². The van der Waals surface area contributed by atoms with Crippen molar-refractivity contribution >= 4 is 22.8 Å². The summed E-state index contributed by atoms with van der Waals surface area (Å²) in [6, 6.07) is 7.88. The highest BCUT2D eigenvalue weighted by Crippen LogP contribution is 2.18. The highest BCUT2D eigenvalue weighted by atomic mass is 15.3. The summed E-state index contributed by atoms with van der Waals surface area (Å²) >= 11 is 0. The minimum absolute atomic E-state index is 0.628. The van der Waals surface area contributed by atoms with Gasteiger partial charge in [0.05, 0.1) is 12.4 Å². The van der Waals surface area contributed by atoms with E-state index in [0.29, 0.717) is 5.82 Å². The lowest BCUT2D eigenvalue weighted by Crippen LogP contribution is -1.99. The van der Waals surface area contributed by atoms with Crippen molar-refractivity contribution < 1.29 is 0 Å². The zero-order valence-corrected chi connectivity index (χ0v) is 10.4. The van der Waals surface area contributed by atoms with Gasteiger partial charge >= 0.3 is 0 Å².